The number of para-hydroxylation sites is 1. The number of benzene rings is 1. The fraction of sp³-hybridized carbons (Fsp3) is 0.294. The second-order valence-electron chi connectivity index (χ2n) is 5.55. The third-order valence-corrected chi connectivity index (χ3v) is 3.40. The fourth-order valence-corrected chi connectivity index (χ4v) is 2.22. The molecule has 0 unspecified atom stereocenters. The Hall–Kier alpha value is -3.16. The predicted molar refractivity (Wildman–Crippen MR) is 89.9 cm³/mol. The number of anilines is 1. The van der Waals surface area contributed by atoms with E-state index in [4.69, 9.17) is 9.26 Å². The van der Waals surface area contributed by atoms with Crippen molar-refractivity contribution < 1.29 is 14.1 Å². The number of amides is 1. The van der Waals surface area contributed by atoms with Crippen molar-refractivity contribution in [1.29, 1.82) is 0 Å². The van der Waals surface area contributed by atoms with Gasteiger partial charge in [0, 0.05) is 19.0 Å². The minimum atomic E-state index is -0.110. The highest BCUT2D eigenvalue weighted by atomic mass is 16.5. The SMILES string of the molecule is Cc1cc(NC(=O)CCCn2cc(COc3ccccc3)nn2)no1. The number of ether oxygens (including phenoxy) is 1. The molecule has 0 aliphatic carbocycles. The van der Waals surface area contributed by atoms with E-state index in [-0.39, 0.29) is 5.91 Å². The molecule has 0 aliphatic heterocycles. The molecule has 130 valence electrons. The van der Waals surface area contributed by atoms with Crippen LogP contribution in [-0.4, -0.2) is 26.1 Å². The van der Waals surface area contributed by atoms with Crippen LogP contribution in [0.2, 0.25) is 0 Å². The summed E-state index contributed by atoms with van der Waals surface area (Å²) in [5.74, 6) is 1.77. The van der Waals surface area contributed by atoms with Gasteiger partial charge in [0.1, 0.15) is 23.8 Å². The van der Waals surface area contributed by atoms with Gasteiger partial charge >= 0.3 is 0 Å². The van der Waals surface area contributed by atoms with E-state index in [1.54, 1.807) is 17.7 Å². The Morgan fingerprint density at radius 2 is 2.16 bits per heavy atom. The molecule has 0 spiro atoms. The average Bonchev–Trinajstić information content (AvgIpc) is 3.23. The molecule has 1 amide bonds. The third kappa shape index (κ3) is 5.17. The van der Waals surface area contributed by atoms with Gasteiger partial charge in [-0.3, -0.25) is 9.48 Å². The lowest BCUT2D eigenvalue weighted by molar-refractivity contribution is -0.116. The lowest BCUT2D eigenvalue weighted by Crippen LogP contribution is -2.12. The number of nitrogens with zero attached hydrogens (tertiary/aromatic N) is 4. The minimum absolute atomic E-state index is 0.110. The number of carbonyl (C=O) groups excluding carboxylic acids is 1. The molecule has 0 atom stereocenters. The van der Waals surface area contributed by atoms with E-state index in [2.05, 4.69) is 20.8 Å². The quantitative estimate of drug-likeness (QED) is 0.676. The van der Waals surface area contributed by atoms with Gasteiger partial charge in [0.05, 0.1) is 6.20 Å². The summed E-state index contributed by atoms with van der Waals surface area (Å²) in [4.78, 5) is 11.8. The van der Waals surface area contributed by atoms with Crippen molar-refractivity contribution in [2.75, 3.05) is 5.32 Å². The molecule has 0 saturated carbocycles. The van der Waals surface area contributed by atoms with Crippen LogP contribution < -0.4 is 10.1 Å². The van der Waals surface area contributed by atoms with Crippen molar-refractivity contribution in [3.63, 3.8) is 0 Å². The van der Waals surface area contributed by atoms with Gasteiger partial charge in [0.2, 0.25) is 5.91 Å². The molecule has 1 aromatic carbocycles. The normalized spacial score (nSPS) is 10.6. The molecule has 0 bridgehead atoms. The second-order valence-corrected chi connectivity index (χ2v) is 5.55. The summed E-state index contributed by atoms with van der Waals surface area (Å²) in [7, 11) is 0. The molecular weight excluding hydrogens is 322 g/mol. The zero-order valence-corrected chi connectivity index (χ0v) is 13.9. The molecule has 1 N–H and O–H groups in total. The number of hydrogen-bond acceptors (Lipinski definition) is 6. The highest BCUT2D eigenvalue weighted by Crippen LogP contribution is 2.11. The Balaban J connectivity index is 1.39. The number of aryl methyl sites for hydroxylation is 2. The number of hydrogen-bond donors (Lipinski definition) is 1. The van der Waals surface area contributed by atoms with E-state index in [0.717, 1.165) is 11.4 Å². The van der Waals surface area contributed by atoms with E-state index in [1.165, 1.54) is 0 Å². The maximum atomic E-state index is 11.8. The van der Waals surface area contributed by atoms with Crippen molar-refractivity contribution in [1.82, 2.24) is 20.2 Å². The van der Waals surface area contributed by atoms with Crippen LogP contribution in [0.3, 0.4) is 0 Å². The molecular formula is C17H19N5O3. The summed E-state index contributed by atoms with van der Waals surface area (Å²) in [6.07, 6.45) is 2.83. The van der Waals surface area contributed by atoms with Crippen LogP contribution in [0.1, 0.15) is 24.3 Å². The average molecular weight is 341 g/mol. The van der Waals surface area contributed by atoms with E-state index in [9.17, 15) is 4.79 Å². The predicted octanol–water partition coefficient (Wildman–Crippen LogP) is 2.57. The van der Waals surface area contributed by atoms with Gasteiger partial charge in [-0.1, -0.05) is 28.6 Å². The lowest BCUT2D eigenvalue weighted by Gasteiger charge is -2.02. The summed E-state index contributed by atoms with van der Waals surface area (Å²) in [6, 6.07) is 11.2. The van der Waals surface area contributed by atoms with Crippen molar-refractivity contribution in [3.05, 3.63) is 54.0 Å². The van der Waals surface area contributed by atoms with Crippen molar-refractivity contribution in [2.45, 2.75) is 32.9 Å². The van der Waals surface area contributed by atoms with Crippen LogP contribution in [0.4, 0.5) is 5.82 Å². The monoisotopic (exact) mass is 341 g/mol. The van der Waals surface area contributed by atoms with E-state index in [0.29, 0.717) is 37.6 Å². The maximum absolute atomic E-state index is 11.8. The molecule has 0 saturated heterocycles. The van der Waals surface area contributed by atoms with Gasteiger partial charge in [0.25, 0.3) is 0 Å². The summed E-state index contributed by atoms with van der Waals surface area (Å²) < 4.78 is 12.2. The summed E-state index contributed by atoms with van der Waals surface area (Å²) in [5.41, 5.74) is 0.742. The summed E-state index contributed by atoms with van der Waals surface area (Å²) in [6.45, 7) is 2.73. The standard InChI is InChI=1S/C17H19N5O3/c1-13-10-16(20-25-13)18-17(23)8-5-9-22-11-14(19-21-22)12-24-15-6-3-2-4-7-15/h2-4,6-7,10-11H,5,8-9,12H2,1H3,(H,18,20,23). The van der Waals surface area contributed by atoms with Crippen LogP contribution in [0.15, 0.2) is 47.1 Å². The smallest absolute Gasteiger partial charge is 0.225 e. The van der Waals surface area contributed by atoms with E-state index in [1.807, 2.05) is 36.5 Å². The zero-order chi connectivity index (χ0) is 17.5. The third-order valence-electron chi connectivity index (χ3n) is 3.40. The first-order chi connectivity index (χ1) is 12.2. The topological polar surface area (TPSA) is 95.1 Å². The zero-order valence-electron chi connectivity index (χ0n) is 13.9. The Kier molecular flexibility index (Phi) is 5.40. The van der Waals surface area contributed by atoms with E-state index >= 15 is 0 Å². The first-order valence-electron chi connectivity index (χ1n) is 7.99. The molecule has 0 aliphatic rings. The first kappa shape index (κ1) is 16.7. The summed E-state index contributed by atoms with van der Waals surface area (Å²) >= 11 is 0. The number of carbonyl (C=O) groups is 1. The van der Waals surface area contributed by atoms with Gasteiger partial charge in [-0.05, 0) is 25.5 Å². The van der Waals surface area contributed by atoms with Crippen molar-refractivity contribution in [2.24, 2.45) is 0 Å². The van der Waals surface area contributed by atoms with Crippen LogP contribution in [0, 0.1) is 6.92 Å². The molecule has 25 heavy (non-hydrogen) atoms. The Morgan fingerprint density at radius 3 is 2.92 bits per heavy atom. The van der Waals surface area contributed by atoms with Crippen molar-refractivity contribution in [3.8, 4) is 5.75 Å². The number of aromatic nitrogens is 4. The first-order valence-corrected chi connectivity index (χ1v) is 7.99. The fourth-order valence-electron chi connectivity index (χ4n) is 2.22. The Morgan fingerprint density at radius 1 is 1.32 bits per heavy atom. The molecule has 0 radical (unpaired) electrons. The molecule has 2 aromatic heterocycles. The highest BCUT2D eigenvalue weighted by Gasteiger charge is 2.07. The highest BCUT2D eigenvalue weighted by molar-refractivity contribution is 5.89. The van der Waals surface area contributed by atoms with Gasteiger partial charge in [0.15, 0.2) is 5.82 Å². The van der Waals surface area contributed by atoms with Crippen LogP contribution in [0.5, 0.6) is 5.75 Å². The summed E-state index contributed by atoms with van der Waals surface area (Å²) in [5, 5.41) is 14.5. The molecule has 2 heterocycles. The van der Waals surface area contributed by atoms with Crippen LogP contribution >= 0.6 is 0 Å². The largest absolute Gasteiger partial charge is 0.487 e. The molecule has 8 nitrogen and oxygen atoms in total. The molecule has 3 rings (SSSR count). The van der Waals surface area contributed by atoms with Crippen molar-refractivity contribution >= 4 is 11.7 Å². The lowest BCUT2D eigenvalue weighted by atomic mass is 10.3. The minimum Gasteiger partial charge on any atom is -0.487 e. The number of nitrogens with one attached hydrogen (secondary N) is 1. The van der Waals surface area contributed by atoms with Gasteiger partial charge in [-0.15, -0.1) is 5.10 Å². The second kappa shape index (κ2) is 8.09. The van der Waals surface area contributed by atoms with E-state index < -0.39 is 0 Å². The maximum Gasteiger partial charge on any atom is 0.225 e. The Labute approximate surface area is 144 Å². The molecule has 8 heteroatoms. The van der Waals surface area contributed by atoms with Gasteiger partial charge in [-0.2, -0.15) is 0 Å². The van der Waals surface area contributed by atoms with Gasteiger partial charge in [-0.25, -0.2) is 0 Å². The van der Waals surface area contributed by atoms with Crippen LogP contribution in [-0.2, 0) is 17.9 Å². The van der Waals surface area contributed by atoms with Gasteiger partial charge < -0.3 is 14.6 Å². The number of rotatable bonds is 8. The Bertz CT molecular complexity index is 813. The molecule has 3 aromatic rings. The molecule has 0 fully saturated rings. The van der Waals surface area contributed by atoms with Crippen LogP contribution in [0.25, 0.3) is 0 Å².